The summed E-state index contributed by atoms with van der Waals surface area (Å²) < 4.78 is 14.0. The third kappa shape index (κ3) is 5.36. The van der Waals surface area contributed by atoms with Crippen molar-refractivity contribution in [1.82, 2.24) is 0 Å². The van der Waals surface area contributed by atoms with Gasteiger partial charge in [-0.2, -0.15) is 0 Å². The van der Waals surface area contributed by atoms with Crippen LogP contribution in [0.1, 0.15) is 0 Å². The molecular weight excluding hydrogens is 184 g/mol. The number of rotatable bonds is 4. The molecule has 0 saturated heterocycles. The van der Waals surface area contributed by atoms with Gasteiger partial charge in [-0.15, -0.1) is 0 Å². The largest absolute Gasteiger partial charge is 0.465 e. The van der Waals surface area contributed by atoms with Gasteiger partial charge in [0.1, 0.15) is 12.2 Å². The first-order valence-electron chi connectivity index (χ1n) is 4.01. The monoisotopic (exact) mass is 198 g/mol. The molecule has 0 fully saturated rings. The topological polar surface area (TPSA) is 44.8 Å². The molecule has 4 heteroatoms. The van der Waals surface area contributed by atoms with Gasteiger partial charge in [-0.3, -0.25) is 0 Å². The van der Waals surface area contributed by atoms with E-state index in [9.17, 15) is 4.79 Å². The van der Waals surface area contributed by atoms with Crippen LogP contribution >= 0.6 is 0 Å². The summed E-state index contributed by atoms with van der Waals surface area (Å²) in [7, 11) is 4.38. The predicted octanol–water partition coefficient (Wildman–Crippen LogP) is 0.382. The molecule has 4 nitrogen and oxygen atoms in total. The van der Waals surface area contributed by atoms with Crippen molar-refractivity contribution in [3.63, 3.8) is 0 Å². The van der Waals surface area contributed by atoms with Gasteiger partial charge in [-0.05, 0) is 6.08 Å². The molecule has 0 aromatic carbocycles. The number of esters is 1. The Balaban J connectivity index is 4.42. The molecule has 0 spiro atoms. The lowest BCUT2D eigenvalue weighted by Crippen LogP contribution is -2.04. The van der Waals surface area contributed by atoms with Crippen molar-refractivity contribution in [2.24, 2.45) is 0 Å². The van der Waals surface area contributed by atoms with Gasteiger partial charge in [0.2, 0.25) is 0 Å². The maximum atomic E-state index is 11.1. The first-order chi connectivity index (χ1) is 6.76. The fraction of sp³-hybridized carbons (Fsp3) is 0.500. The number of hydrogen-bond acceptors (Lipinski definition) is 4. The molecule has 0 atom stereocenters. The maximum Gasteiger partial charge on any atom is 0.346 e. The molecule has 0 N–H and O–H groups in total. The van der Waals surface area contributed by atoms with Crippen LogP contribution < -0.4 is 0 Å². The van der Waals surface area contributed by atoms with Crippen molar-refractivity contribution in [2.75, 3.05) is 34.5 Å². The van der Waals surface area contributed by atoms with Crippen molar-refractivity contribution in [1.29, 1.82) is 0 Å². The first kappa shape index (κ1) is 12.7. The fourth-order valence-electron chi connectivity index (χ4n) is 0.665. The average molecular weight is 198 g/mol. The van der Waals surface area contributed by atoms with Crippen molar-refractivity contribution < 1.29 is 19.0 Å². The van der Waals surface area contributed by atoms with Gasteiger partial charge < -0.3 is 14.2 Å². The van der Waals surface area contributed by atoms with Crippen molar-refractivity contribution in [2.45, 2.75) is 0 Å². The van der Waals surface area contributed by atoms with E-state index in [-0.39, 0.29) is 12.2 Å². The van der Waals surface area contributed by atoms with Crippen molar-refractivity contribution >= 4 is 5.97 Å². The SMILES string of the molecule is COCC#C/C(=C\COC)C(=O)OC. The number of methoxy groups -OCH3 is 3. The molecule has 0 aromatic rings. The van der Waals surface area contributed by atoms with Gasteiger partial charge >= 0.3 is 5.97 Å². The highest BCUT2D eigenvalue weighted by Gasteiger charge is 2.04. The summed E-state index contributed by atoms with van der Waals surface area (Å²) in [6.45, 7) is 0.605. The van der Waals surface area contributed by atoms with Crippen molar-refractivity contribution in [3.8, 4) is 11.8 Å². The number of carbonyl (C=O) groups is 1. The van der Waals surface area contributed by atoms with Gasteiger partial charge in [0.25, 0.3) is 0 Å². The minimum absolute atomic E-state index is 0.279. The van der Waals surface area contributed by atoms with Crippen LogP contribution in [0.3, 0.4) is 0 Å². The number of ether oxygens (including phenoxy) is 3. The second kappa shape index (κ2) is 8.30. The average Bonchev–Trinajstić information content (AvgIpc) is 2.22. The zero-order valence-corrected chi connectivity index (χ0v) is 8.62. The molecule has 0 saturated carbocycles. The van der Waals surface area contributed by atoms with E-state index in [4.69, 9.17) is 9.47 Å². The fourth-order valence-corrected chi connectivity index (χ4v) is 0.665. The maximum absolute atomic E-state index is 11.1. The molecule has 0 unspecified atom stereocenters. The summed E-state index contributed by atoms with van der Waals surface area (Å²) in [4.78, 5) is 11.1. The van der Waals surface area contributed by atoms with Gasteiger partial charge in [0.15, 0.2) is 0 Å². The van der Waals surface area contributed by atoms with Crippen molar-refractivity contribution in [3.05, 3.63) is 11.6 Å². The third-order valence-electron chi connectivity index (χ3n) is 1.30. The molecule has 14 heavy (non-hydrogen) atoms. The summed E-state index contributed by atoms with van der Waals surface area (Å²) in [5.41, 5.74) is 0.284. The molecule has 0 rings (SSSR count). The molecule has 0 aliphatic carbocycles. The Morgan fingerprint density at radius 1 is 1.29 bits per heavy atom. The summed E-state index contributed by atoms with van der Waals surface area (Å²) in [6.07, 6.45) is 1.56. The minimum Gasteiger partial charge on any atom is -0.465 e. The van der Waals surface area contributed by atoms with Crippen LogP contribution in [0.4, 0.5) is 0 Å². The molecule has 0 amide bonds. The standard InChI is InChI=1S/C10H14O4/c1-12-7-4-5-9(6-8-13-2)10(11)14-3/h6H,7-8H2,1-3H3/b9-6+. The van der Waals surface area contributed by atoms with E-state index in [2.05, 4.69) is 16.6 Å². The third-order valence-corrected chi connectivity index (χ3v) is 1.30. The zero-order chi connectivity index (χ0) is 10.8. The first-order valence-corrected chi connectivity index (χ1v) is 4.01. The number of hydrogen-bond donors (Lipinski definition) is 0. The van der Waals surface area contributed by atoms with Gasteiger partial charge in [-0.1, -0.05) is 11.8 Å². The van der Waals surface area contributed by atoms with E-state index < -0.39 is 5.97 Å². The molecule has 0 aromatic heterocycles. The summed E-state index contributed by atoms with van der Waals surface area (Å²) in [5.74, 6) is 4.83. The Morgan fingerprint density at radius 3 is 2.50 bits per heavy atom. The molecule has 78 valence electrons. The smallest absolute Gasteiger partial charge is 0.346 e. The Kier molecular flexibility index (Phi) is 7.52. The van der Waals surface area contributed by atoms with Crippen LogP contribution in [-0.4, -0.2) is 40.5 Å². The Morgan fingerprint density at radius 2 is 2.00 bits per heavy atom. The summed E-state index contributed by atoms with van der Waals surface area (Å²) in [6, 6.07) is 0. The van der Waals surface area contributed by atoms with Gasteiger partial charge in [-0.25, -0.2) is 4.79 Å². The second-order valence-corrected chi connectivity index (χ2v) is 2.30. The predicted molar refractivity (Wildman–Crippen MR) is 51.6 cm³/mol. The van der Waals surface area contributed by atoms with Crippen LogP contribution in [0.5, 0.6) is 0 Å². The highest BCUT2D eigenvalue weighted by molar-refractivity contribution is 5.93. The lowest BCUT2D eigenvalue weighted by molar-refractivity contribution is -0.135. The normalized spacial score (nSPS) is 10.4. The molecule has 0 aliphatic rings. The molecule has 0 radical (unpaired) electrons. The Labute approximate surface area is 83.8 Å². The second-order valence-electron chi connectivity index (χ2n) is 2.30. The van der Waals surface area contributed by atoms with E-state index in [0.29, 0.717) is 6.61 Å². The van der Waals surface area contributed by atoms with Gasteiger partial charge in [0.05, 0.1) is 13.7 Å². The van der Waals surface area contributed by atoms with E-state index in [1.165, 1.54) is 21.3 Å². The highest BCUT2D eigenvalue weighted by atomic mass is 16.5. The van der Waals surface area contributed by atoms with E-state index >= 15 is 0 Å². The van der Waals surface area contributed by atoms with Crippen LogP contribution in [0.15, 0.2) is 11.6 Å². The lowest BCUT2D eigenvalue weighted by atomic mass is 10.2. The Bertz CT molecular complexity index is 257. The van der Waals surface area contributed by atoms with Crippen LogP contribution in [0, 0.1) is 11.8 Å². The highest BCUT2D eigenvalue weighted by Crippen LogP contribution is 1.95. The van der Waals surface area contributed by atoms with E-state index in [1.54, 1.807) is 6.08 Å². The van der Waals surface area contributed by atoms with Crippen LogP contribution in [0.2, 0.25) is 0 Å². The van der Waals surface area contributed by atoms with Crippen LogP contribution in [-0.2, 0) is 19.0 Å². The van der Waals surface area contributed by atoms with Gasteiger partial charge in [0, 0.05) is 14.2 Å². The van der Waals surface area contributed by atoms with Crippen LogP contribution in [0.25, 0.3) is 0 Å². The van der Waals surface area contributed by atoms with E-state index in [0.717, 1.165) is 0 Å². The summed E-state index contributed by atoms with van der Waals surface area (Å²) in [5, 5.41) is 0. The molecule has 0 aliphatic heterocycles. The lowest BCUT2D eigenvalue weighted by Gasteiger charge is -1.97. The zero-order valence-electron chi connectivity index (χ0n) is 8.62. The molecule has 0 bridgehead atoms. The molecule has 0 heterocycles. The minimum atomic E-state index is -0.467. The number of carbonyl (C=O) groups excluding carboxylic acids is 1. The quantitative estimate of drug-likeness (QED) is 0.372. The Hall–Kier alpha value is -1.31. The molecular formula is C10H14O4. The summed E-state index contributed by atoms with van der Waals surface area (Å²) >= 11 is 0. The van der Waals surface area contributed by atoms with E-state index in [1.807, 2.05) is 0 Å².